The summed E-state index contributed by atoms with van der Waals surface area (Å²) in [5.74, 6) is 0.668. The summed E-state index contributed by atoms with van der Waals surface area (Å²) in [6.07, 6.45) is 0. The van der Waals surface area contributed by atoms with E-state index in [-0.39, 0.29) is 0 Å². The van der Waals surface area contributed by atoms with Crippen LogP contribution in [0.1, 0.15) is 5.56 Å². The molecule has 0 amide bonds. The van der Waals surface area contributed by atoms with Crippen molar-refractivity contribution in [1.82, 2.24) is 20.2 Å². The van der Waals surface area contributed by atoms with Gasteiger partial charge in [0.15, 0.2) is 5.76 Å². The van der Waals surface area contributed by atoms with E-state index < -0.39 is 0 Å². The Morgan fingerprint density at radius 2 is 1.52 bits per heavy atom. The van der Waals surface area contributed by atoms with Crippen LogP contribution in [0.4, 0.5) is 0 Å². The Morgan fingerprint density at radius 3 is 2.33 bits per heavy atom. The molecule has 27 heavy (non-hydrogen) atoms. The number of nitrogens with zero attached hydrogens (tertiary/aromatic N) is 4. The molecule has 130 valence electrons. The van der Waals surface area contributed by atoms with Crippen molar-refractivity contribution in [3.63, 3.8) is 0 Å². The van der Waals surface area contributed by atoms with Gasteiger partial charge >= 0.3 is 0 Å². The van der Waals surface area contributed by atoms with Gasteiger partial charge in [0.1, 0.15) is 16.9 Å². The predicted molar refractivity (Wildman–Crippen MR) is 105 cm³/mol. The molecule has 0 N–H and O–H groups in total. The number of para-hydroxylation sites is 1. The van der Waals surface area contributed by atoms with Gasteiger partial charge in [-0.25, -0.2) is 4.68 Å². The molecule has 0 atom stereocenters. The lowest BCUT2D eigenvalue weighted by Gasteiger charge is -2.06. The van der Waals surface area contributed by atoms with E-state index >= 15 is 0 Å². The van der Waals surface area contributed by atoms with Gasteiger partial charge in [-0.05, 0) is 19.1 Å². The van der Waals surface area contributed by atoms with Gasteiger partial charge in [-0.1, -0.05) is 82.7 Å². The molecule has 0 aliphatic carbocycles. The maximum Gasteiger partial charge on any atom is 0.193 e. The molecule has 0 unspecified atom stereocenters. The summed E-state index contributed by atoms with van der Waals surface area (Å²) in [4.78, 5) is 0. The van der Waals surface area contributed by atoms with Crippen molar-refractivity contribution >= 4 is 11.0 Å². The maximum atomic E-state index is 5.80. The average molecular weight is 352 g/mol. The van der Waals surface area contributed by atoms with Crippen LogP contribution in [0.25, 0.3) is 39.3 Å². The van der Waals surface area contributed by atoms with Crippen molar-refractivity contribution in [1.29, 1.82) is 0 Å². The molecule has 0 saturated heterocycles. The molecule has 5 nitrogen and oxygen atoms in total. The molecule has 5 rings (SSSR count). The summed E-state index contributed by atoms with van der Waals surface area (Å²) in [5.41, 5.74) is 6.37. The second-order valence-corrected chi connectivity index (χ2v) is 6.43. The van der Waals surface area contributed by atoms with E-state index in [1.807, 2.05) is 71.4 Å². The predicted octanol–water partition coefficient (Wildman–Crippen LogP) is 5.05. The summed E-state index contributed by atoms with van der Waals surface area (Å²) in [6.45, 7) is 2.06. The highest BCUT2D eigenvalue weighted by Crippen LogP contribution is 2.36. The number of hydrogen-bond donors (Lipinski definition) is 0. The molecular weight excluding hydrogens is 336 g/mol. The number of hydrogen-bond acceptors (Lipinski definition) is 4. The standard InChI is InChI=1S/C22H16N4O/c1-15-11-13-16(14-12-15)20-21(22(27-24-20)17-7-3-2-4-8-17)26-19-10-6-5-9-18(19)23-25-26/h2-14H,1H3. The fourth-order valence-electron chi connectivity index (χ4n) is 3.20. The van der Waals surface area contributed by atoms with Crippen molar-refractivity contribution in [3.8, 4) is 28.3 Å². The lowest BCUT2D eigenvalue weighted by atomic mass is 10.1. The molecule has 2 heterocycles. The SMILES string of the molecule is Cc1ccc(-c2noc(-c3ccccc3)c2-n2nnc3ccccc32)cc1. The van der Waals surface area contributed by atoms with Crippen LogP contribution in [0.15, 0.2) is 83.4 Å². The second kappa shape index (κ2) is 6.21. The molecule has 0 fully saturated rings. The zero-order valence-electron chi connectivity index (χ0n) is 14.7. The van der Waals surface area contributed by atoms with E-state index in [2.05, 4.69) is 34.5 Å². The minimum absolute atomic E-state index is 0.668. The van der Waals surface area contributed by atoms with E-state index in [0.29, 0.717) is 5.76 Å². The molecular formula is C22H16N4O. The third kappa shape index (κ3) is 2.60. The second-order valence-electron chi connectivity index (χ2n) is 6.43. The molecule has 0 aliphatic heterocycles. The molecule has 5 heteroatoms. The molecule has 0 spiro atoms. The molecule has 0 aliphatic rings. The maximum absolute atomic E-state index is 5.80. The molecule has 2 aromatic heterocycles. The summed E-state index contributed by atoms with van der Waals surface area (Å²) in [6, 6.07) is 26.0. The van der Waals surface area contributed by atoms with Gasteiger partial charge in [-0.3, -0.25) is 0 Å². The van der Waals surface area contributed by atoms with Crippen LogP contribution in [0.3, 0.4) is 0 Å². The Morgan fingerprint density at radius 1 is 0.778 bits per heavy atom. The average Bonchev–Trinajstić information content (AvgIpc) is 3.33. The molecule has 3 aromatic carbocycles. The normalized spacial score (nSPS) is 11.1. The smallest absolute Gasteiger partial charge is 0.193 e. The highest BCUT2D eigenvalue weighted by molar-refractivity contribution is 5.84. The third-order valence-electron chi connectivity index (χ3n) is 4.59. The van der Waals surface area contributed by atoms with Crippen molar-refractivity contribution in [2.75, 3.05) is 0 Å². The van der Waals surface area contributed by atoms with Gasteiger partial charge in [0.25, 0.3) is 0 Å². The molecule has 0 bridgehead atoms. The van der Waals surface area contributed by atoms with Gasteiger partial charge in [-0.15, -0.1) is 5.10 Å². The van der Waals surface area contributed by atoms with E-state index in [0.717, 1.165) is 33.5 Å². The lowest BCUT2D eigenvalue weighted by molar-refractivity contribution is 0.434. The van der Waals surface area contributed by atoms with Crippen LogP contribution in [0.5, 0.6) is 0 Å². The zero-order valence-corrected chi connectivity index (χ0v) is 14.7. The topological polar surface area (TPSA) is 56.7 Å². The molecule has 0 saturated carbocycles. The van der Waals surface area contributed by atoms with Crippen LogP contribution in [-0.4, -0.2) is 20.2 Å². The Hall–Kier alpha value is -3.73. The number of fused-ring (bicyclic) bond motifs is 1. The molecule has 5 aromatic rings. The van der Waals surface area contributed by atoms with E-state index in [9.17, 15) is 0 Å². The third-order valence-corrected chi connectivity index (χ3v) is 4.59. The number of rotatable bonds is 3. The van der Waals surface area contributed by atoms with E-state index in [4.69, 9.17) is 4.52 Å². The van der Waals surface area contributed by atoms with Crippen LogP contribution in [0.2, 0.25) is 0 Å². The first kappa shape index (κ1) is 15.5. The Balaban J connectivity index is 1.81. The Bertz CT molecular complexity index is 1220. The number of benzene rings is 3. The van der Waals surface area contributed by atoms with Crippen LogP contribution >= 0.6 is 0 Å². The van der Waals surface area contributed by atoms with Gasteiger partial charge in [0.2, 0.25) is 0 Å². The summed E-state index contributed by atoms with van der Waals surface area (Å²) < 4.78 is 7.61. The quantitative estimate of drug-likeness (QED) is 0.456. The molecule has 0 radical (unpaired) electrons. The highest BCUT2D eigenvalue weighted by Gasteiger charge is 2.23. The van der Waals surface area contributed by atoms with Crippen molar-refractivity contribution in [2.24, 2.45) is 0 Å². The van der Waals surface area contributed by atoms with Gasteiger partial charge in [0, 0.05) is 11.1 Å². The first-order valence-electron chi connectivity index (χ1n) is 8.74. The van der Waals surface area contributed by atoms with Crippen molar-refractivity contribution in [3.05, 3.63) is 84.4 Å². The fraction of sp³-hybridized carbons (Fsp3) is 0.0455. The van der Waals surface area contributed by atoms with E-state index in [1.165, 1.54) is 5.56 Å². The van der Waals surface area contributed by atoms with Crippen LogP contribution in [-0.2, 0) is 0 Å². The number of aromatic nitrogens is 4. The zero-order chi connectivity index (χ0) is 18.2. The minimum atomic E-state index is 0.668. The monoisotopic (exact) mass is 352 g/mol. The summed E-state index contributed by atoms with van der Waals surface area (Å²) in [5, 5.41) is 13.1. The summed E-state index contributed by atoms with van der Waals surface area (Å²) >= 11 is 0. The fourth-order valence-corrected chi connectivity index (χ4v) is 3.20. The Kier molecular flexibility index (Phi) is 3.57. The Labute approximate surface area is 155 Å². The van der Waals surface area contributed by atoms with Gasteiger partial charge in [0.05, 0.1) is 5.52 Å². The van der Waals surface area contributed by atoms with Gasteiger partial charge in [-0.2, -0.15) is 0 Å². The minimum Gasteiger partial charge on any atom is -0.353 e. The summed E-state index contributed by atoms with van der Waals surface area (Å²) in [7, 11) is 0. The van der Waals surface area contributed by atoms with Crippen molar-refractivity contribution < 1.29 is 4.52 Å². The van der Waals surface area contributed by atoms with Crippen molar-refractivity contribution in [2.45, 2.75) is 6.92 Å². The highest BCUT2D eigenvalue weighted by atomic mass is 16.5. The van der Waals surface area contributed by atoms with E-state index in [1.54, 1.807) is 0 Å². The van der Waals surface area contributed by atoms with Crippen LogP contribution in [0, 0.1) is 6.92 Å². The van der Waals surface area contributed by atoms with Gasteiger partial charge < -0.3 is 4.52 Å². The first-order chi connectivity index (χ1) is 13.3. The first-order valence-corrected chi connectivity index (χ1v) is 8.74. The lowest BCUT2D eigenvalue weighted by Crippen LogP contribution is -1.99. The van der Waals surface area contributed by atoms with Crippen LogP contribution < -0.4 is 0 Å². The number of aryl methyl sites for hydroxylation is 1. The largest absolute Gasteiger partial charge is 0.353 e.